The van der Waals surface area contributed by atoms with Gasteiger partial charge >= 0.3 is 23.1 Å². The number of halogens is 1. The van der Waals surface area contributed by atoms with Gasteiger partial charge in [-0.15, -0.1) is 5.60 Å². The van der Waals surface area contributed by atoms with Crippen LogP contribution < -0.4 is 29.1 Å². The van der Waals surface area contributed by atoms with Crippen molar-refractivity contribution in [2.24, 2.45) is 5.92 Å². The van der Waals surface area contributed by atoms with Crippen molar-refractivity contribution in [3.8, 4) is 0 Å². The number of hydrogen-bond donors (Lipinski definition) is 0. The van der Waals surface area contributed by atoms with E-state index in [0.29, 0.717) is 5.92 Å². The molecule has 13 heavy (non-hydrogen) atoms. The van der Waals surface area contributed by atoms with Crippen LogP contribution in [0.1, 0.15) is 52.4 Å². The van der Waals surface area contributed by atoms with Gasteiger partial charge in [-0.2, -0.15) is 0 Å². The van der Waals surface area contributed by atoms with E-state index >= 15 is 0 Å². The molecule has 0 aromatic rings. The summed E-state index contributed by atoms with van der Waals surface area (Å²) >= 11 is 0. The molecule has 0 unspecified atom stereocenters. The van der Waals surface area contributed by atoms with Crippen molar-refractivity contribution in [2.45, 2.75) is 58.0 Å². The summed E-state index contributed by atoms with van der Waals surface area (Å²) in [7, 11) is 0. The first-order valence-electron chi connectivity index (χ1n) is 4.83. The molecule has 1 rings (SSSR count). The monoisotopic (exact) mass is 306 g/mol. The summed E-state index contributed by atoms with van der Waals surface area (Å²) in [6.07, 6.45) is 6.33. The third kappa shape index (κ3) is 6.52. The Morgan fingerprint density at radius 2 is 1.62 bits per heavy atom. The zero-order chi connectivity index (χ0) is 8.32. The quantitative estimate of drug-likeness (QED) is 0.460. The Bertz CT molecular complexity index is 122. The van der Waals surface area contributed by atoms with Crippen LogP contribution in [0.4, 0.5) is 0 Å². The molecule has 3 heteroatoms. The fourth-order valence-corrected chi connectivity index (χ4v) is 2.14. The van der Waals surface area contributed by atoms with Crippen molar-refractivity contribution >= 4 is 23.1 Å². The molecule has 0 spiro atoms. The van der Waals surface area contributed by atoms with E-state index in [1.54, 1.807) is 0 Å². The van der Waals surface area contributed by atoms with Gasteiger partial charge in [0.1, 0.15) is 0 Å². The smallest absolute Gasteiger partial charge is 1.00 e. The average molecular weight is 306 g/mol. The van der Waals surface area contributed by atoms with Crippen molar-refractivity contribution in [3.63, 3.8) is 0 Å². The summed E-state index contributed by atoms with van der Waals surface area (Å²) in [5.74, 6) is 0.575. The maximum Gasteiger partial charge on any atom is 2.00 e. The molecular formula is C10H19IMgO. The third-order valence-electron chi connectivity index (χ3n) is 2.55. The molecule has 0 amide bonds. The molecule has 1 nitrogen and oxygen atoms in total. The zero-order valence-electron chi connectivity index (χ0n) is 8.81. The molecule has 0 saturated heterocycles. The van der Waals surface area contributed by atoms with Crippen LogP contribution in [0, 0.1) is 5.92 Å². The Hall–Kier alpha value is 1.46. The summed E-state index contributed by atoms with van der Waals surface area (Å²) < 4.78 is 0. The Balaban J connectivity index is 0. The topological polar surface area (TPSA) is 23.1 Å². The van der Waals surface area contributed by atoms with Gasteiger partial charge in [0, 0.05) is 0 Å². The van der Waals surface area contributed by atoms with Gasteiger partial charge in [0.2, 0.25) is 0 Å². The van der Waals surface area contributed by atoms with Gasteiger partial charge in [-0.25, -0.2) is 0 Å². The largest absolute Gasteiger partial charge is 2.00 e. The maximum atomic E-state index is 11.9. The predicted octanol–water partition coefficient (Wildman–Crippen LogP) is -1.28. The van der Waals surface area contributed by atoms with Gasteiger partial charge in [0.25, 0.3) is 0 Å². The predicted molar refractivity (Wildman–Crippen MR) is 51.0 cm³/mol. The van der Waals surface area contributed by atoms with E-state index in [2.05, 4.69) is 13.8 Å². The van der Waals surface area contributed by atoms with Gasteiger partial charge in [0.05, 0.1) is 0 Å². The van der Waals surface area contributed by atoms with E-state index in [1.165, 1.54) is 6.42 Å². The standard InChI is InChI=1S/C10H19O.HI.Mg/c1-9(2)8-10(11)6-4-3-5-7-10;;/h9H,3-8H2,1-2H3;1H;/q-1;;+2/p-1. The summed E-state index contributed by atoms with van der Waals surface area (Å²) in [6.45, 7) is 4.29. The summed E-state index contributed by atoms with van der Waals surface area (Å²) in [5, 5.41) is 11.9. The van der Waals surface area contributed by atoms with Crippen LogP contribution in [0.25, 0.3) is 0 Å². The summed E-state index contributed by atoms with van der Waals surface area (Å²) in [5.41, 5.74) is -0.549. The Morgan fingerprint density at radius 3 is 2.00 bits per heavy atom. The molecule has 0 aliphatic heterocycles. The van der Waals surface area contributed by atoms with Crippen molar-refractivity contribution in [1.29, 1.82) is 0 Å². The SMILES string of the molecule is CC(C)CC1([O-])CCCCC1.[I-].[Mg+2]. The average Bonchev–Trinajstić information content (AvgIpc) is 1.85. The molecule has 74 valence electrons. The molecule has 1 aliphatic rings. The van der Waals surface area contributed by atoms with Gasteiger partial charge in [-0.1, -0.05) is 52.4 Å². The number of rotatable bonds is 2. The molecule has 0 N–H and O–H groups in total. The van der Waals surface area contributed by atoms with Crippen LogP contribution in [-0.4, -0.2) is 28.7 Å². The van der Waals surface area contributed by atoms with Crippen LogP contribution in [0.3, 0.4) is 0 Å². The number of hydrogen-bond acceptors (Lipinski definition) is 1. The second kappa shape index (κ2) is 7.71. The summed E-state index contributed by atoms with van der Waals surface area (Å²) in [6, 6.07) is 0. The van der Waals surface area contributed by atoms with E-state index in [4.69, 9.17) is 0 Å². The molecule has 0 atom stereocenters. The fraction of sp³-hybridized carbons (Fsp3) is 1.00. The Morgan fingerprint density at radius 1 is 1.15 bits per heavy atom. The van der Waals surface area contributed by atoms with E-state index in [1.807, 2.05) is 0 Å². The van der Waals surface area contributed by atoms with Gasteiger partial charge in [0.15, 0.2) is 0 Å². The van der Waals surface area contributed by atoms with Crippen molar-refractivity contribution in [3.05, 3.63) is 0 Å². The van der Waals surface area contributed by atoms with Crippen LogP contribution >= 0.6 is 0 Å². The second-order valence-corrected chi connectivity index (χ2v) is 4.34. The Labute approximate surface area is 115 Å². The van der Waals surface area contributed by atoms with Crippen LogP contribution in [-0.2, 0) is 0 Å². The van der Waals surface area contributed by atoms with Crippen LogP contribution in [0.15, 0.2) is 0 Å². The molecular weight excluding hydrogens is 287 g/mol. The van der Waals surface area contributed by atoms with Crippen LogP contribution in [0.2, 0.25) is 0 Å². The van der Waals surface area contributed by atoms with Crippen molar-refractivity contribution in [1.82, 2.24) is 0 Å². The second-order valence-electron chi connectivity index (χ2n) is 4.34. The minimum Gasteiger partial charge on any atom is -1.00 e. The van der Waals surface area contributed by atoms with E-state index in [0.717, 1.165) is 32.1 Å². The third-order valence-corrected chi connectivity index (χ3v) is 2.55. The molecule has 0 bridgehead atoms. The van der Waals surface area contributed by atoms with Crippen molar-refractivity contribution < 1.29 is 29.1 Å². The first-order valence-corrected chi connectivity index (χ1v) is 4.83. The molecule has 1 aliphatic carbocycles. The maximum absolute atomic E-state index is 11.9. The van der Waals surface area contributed by atoms with Crippen LogP contribution in [0.5, 0.6) is 0 Å². The van der Waals surface area contributed by atoms with Crippen molar-refractivity contribution in [2.75, 3.05) is 0 Å². The zero-order valence-corrected chi connectivity index (χ0v) is 12.4. The minimum absolute atomic E-state index is 0. The van der Waals surface area contributed by atoms with Gasteiger partial charge in [-0.3, -0.25) is 0 Å². The fourth-order valence-electron chi connectivity index (χ4n) is 2.14. The van der Waals surface area contributed by atoms with Gasteiger partial charge in [-0.05, 0) is 5.92 Å². The molecule has 0 aromatic carbocycles. The van der Waals surface area contributed by atoms with E-state index < -0.39 is 5.60 Å². The first-order chi connectivity index (χ1) is 5.12. The normalized spacial score (nSPS) is 20.3. The molecule has 1 fully saturated rings. The molecule has 1 saturated carbocycles. The first kappa shape index (κ1) is 16.9. The van der Waals surface area contributed by atoms with E-state index in [9.17, 15) is 5.11 Å². The molecule has 0 aromatic heterocycles. The molecule has 0 radical (unpaired) electrons. The minimum atomic E-state index is -0.549. The van der Waals surface area contributed by atoms with Gasteiger partial charge < -0.3 is 29.1 Å². The summed E-state index contributed by atoms with van der Waals surface area (Å²) in [4.78, 5) is 0. The molecule has 0 heterocycles. The van der Waals surface area contributed by atoms with E-state index in [-0.39, 0.29) is 47.0 Å². The Kier molecular flexibility index (Phi) is 10.0.